The van der Waals surface area contributed by atoms with Gasteiger partial charge in [-0.25, -0.2) is 0 Å². The van der Waals surface area contributed by atoms with Crippen molar-refractivity contribution in [2.24, 2.45) is 5.73 Å². The minimum Gasteiger partial charge on any atom is -0.497 e. The van der Waals surface area contributed by atoms with Gasteiger partial charge in [0.25, 0.3) is 0 Å². The first kappa shape index (κ1) is 15.7. The summed E-state index contributed by atoms with van der Waals surface area (Å²) in [4.78, 5) is 4.36. The Kier molecular flexibility index (Phi) is 5.46. The molecule has 0 saturated heterocycles. The SMILES string of the molecule is COc1cc(OC)cc(-c2noc([C@H](N)CCSC)n2)c1. The Morgan fingerprint density at radius 3 is 2.48 bits per heavy atom. The number of hydrogen-bond donors (Lipinski definition) is 1. The summed E-state index contributed by atoms with van der Waals surface area (Å²) in [7, 11) is 3.19. The summed E-state index contributed by atoms with van der Waals surface area (Å²) in [5.74, 6) is 3.21. The molecule has 2 N–H and O–H groups in total. The third-order valence-corrected chi connectivity index (χ3v) is 3.65. The molecule has 7 heteroatoms. The molecule has 0 bridgehead atoms. The van der Waals surface area contributed by atoms with Crippen LogP contribution in [0.3, 0.4) is 0 Å². The third-order valence-electron chi connectivity index (χ3n) is 3.00. The van der Waals surface area contributed by atoms with Gasteiger partial charge >= 0.3 is 0 Å². The second kappa shape index (κ2) is 7.33. The monoisotopic (exact) mass is 309 g/mol. The number of nitrogens with two attached hydrogens (primary N) is 1. The molecule has 0 amide bonds. The van der Waals surface area contributed by atoms with Crippen LogP contribution in [0.25, 0.3) is 11.4 Å². The van der Waals surface area contributed by atoms with Crippen LogP contribution in [-0.4, -0.2) is 36.4 Å². The smallest absolute Gasteiger partial charge is 0.243 e. The highest BCUT2D eigenvalue weighted by molar-refractivity contribution is 7.98. The van der Waals surface area contributed by atoms with Gasteiger partial charge in [-0.2, -0.15) is 16.7 Å². The third kappa shape index (κ3) is 3.89. The van der Waals surface area contributed by atoms with Crippen molar-refractivity contribution in [2.75, 3.05) is 26.2 Å². The molecule has 1 aromatic carbocycles. The van der Waals surface area contributed by atoms with E-state index >= 15 is 0 Å². The van der Waals surface area contributed by atoms with E-state index < -0.39 is 0 Å². The molecule has 1 aromatic heterocycles. The Bertz CT molecular complexity index is 566. The molecule has 2 rings (SSSR count). The summed E-state index contributed by atoms with van der Waals surface area (Å²) in [6.07, 6.45) is 2.83. The lowest BCUT2D eigenvalue weighted by Gasteiger charge is -2.06. The highest BCUT2D eigenvalue weighted by Crippen LogP contribution is 2.28. The maximum absolute atomic E-state index is 6.03. The maximum Gasteiger partial charge on any atom is 0.243 e. The lowest BCUT2D eigenvalue weighted by Crippen LogP contribution is -2.11. The average molecular weight is 309 g/mol. The van der Waals surface area contributed by atoms with Gasteiger partial charge in [-0.05, 0) is 30.6 Å². The molecule has 2 aromatic rings. The zero-order chi connectivity index (χ0) is 15.2. The van der Waals surface area contributed by atoms with Gasteiger partial charge < -0.3 is 19.7 Å². The average Bonchev–Trinajstić information content (AvgIpc) is 3.02. The Balaban J connectivity index is 2.24. The van der Waals surface area contributed by atoms with E-state index in [0.29, 0.717) is 23.2 Å². The van der Waals surface area contributed by atoms with E-state index in [-0.39, 0.29) is 6.04 Å². The van der Waals surface area contributed by atoms with Crippen LogP contribution in [0.5, 0.6) is 11.5 Å². The van der Waals surface area contributed by atoms with Gasteiger partial charge in [0.15, 0.2) is 0 Å². The summed E-state index contributed by atoms with van der Waals surface area (Å²) in [6.45, 7) is 0. The number of rotatable bonds is 7. The molecule has 6 nitrogen and oxygen atoms in total. The van der Waals surface area contributed by atoms with Gasteiger partial charge in [0.05, 0.1) is 20.3 Å². The molecule has 1 atom stereocenters. The molecule has 1 heterocycles. The van der Waals surface area contributed by atoms with E-state index in [9.17, 15) is 0 Å². The summed E-state index contributed by atoms with van der Waals surface area (Å²) in [6, 6.07) is 5.19. The van der Waals surface area contributed by atoms with Gasteiger partial charge in [0.1, 0.15) is 11.5 Å². The maximum atomic E-state index is 6.03. The number of aromatic nitrogens is 2. The molecule has 0 aliphatic rings. The van der Waals surface area contributed by atoms with Crippen molar-refractivity contribution >= 4 is 11.8 Å². The van der Waals surface area contributed by atoms with E-state index in [2.05, 4.69) is 10.1 Å². The van der Waals surface area contributed by atoms with Crippen molar-refractivity contribution in [1.29, 1.82) is 0 Å². The second-order valence-electron chi connectivity index (χ2n) is 4.45. The van der Waals surface area contributed by atoms with Crippen LogP contribution in [-0.2, 0) is 0 Å². The zero-order valence-electron chi connectivity index (χ0n) is 12.3. The number of benzene rings is 1. The van der Waals surface area contributed by atoms with Crippen molar-refractivity contribution in [2.45, 2.75) is 12.5 Å². The lowest BCUT2D eigenvalue weighted by atomic mass is 10.2. The molecule has 0 spiro atoms. The van der Waals surface area contributed by atoms with Crippen LogP contribution in [0.4, 0.5) is 0 Å². The summed E-state index contributed by atoms with van der Waals surface area (Å²) in [5.41, 5.74) is 6.79. The number of ether oxygens (including phenoxy) is 2. The molecule has 21 heavy (non-hydrogen) atoms. The first-order valence-corrected chi connectivity index (χ1v) is 7.89. The number of methoxy groups -OCH3 is 2. The zero-order valence-corrected chi connectivity index (χ0v) is 13.1. The first-order chi connectivity index (χ1) is 10.2. The fourth-order valence-electron chi connectivity index (χ4n) is 1.81. The topological polar surface area (TPSA) is 83.4 Å². The Hall–Kier alpha value is -1.73. The van der Waals surface area contributed by atoms with E-state index in [1.54, 1.807) is 32.0 Å². The van der Waals surface area contributed by atoms with Crippen LogP contribution < -0.4 is 15.2 Å². The largest absolute Gasteiger partial charge is 0.497 e. The summed E-state index contributed by atoms with van der Waals surface area (Å²) in [5, 5.41) is 3.98. The second-order valence-corrected chi connectivity index (χ2v) is 5.43. The quantitative estimate of drug-likeness (QED) is 0.841. The van der Waals surface area contributed by atoms with E-state index in [1.807, 2.05) is 18.4 Å². The summed E-state index contributed by atoms with van der Waals surface area (Å²) < 4.78 is 15.7. The lowest BCUT2D eigenvalue weighted by molar-refractivity contribution is 0.353. The molecule has 0 aliphatic heterocycles. The Morgan fingerprint density at radius 1 is 1.24 bits per heavy atom. The first-order valence-electron chi connectivity index (χ1n) is 6.49. The van der Waals surface area contributed by atoms with Crippen molar-refractivity contribution in [3.05, 3.63) is 24.1 Å². The number of nitrogens with zero attached hydrogens (tertiary/aromatic N) is 2. The van der Waals surface area contributed by atoms with Crippen LogP contribution >= 0.6 is 11.8 Å². The summed E-state index contributed by atoms with van der Waals surface area (Å²) >= 11 is 1.73. The van der Waals surface area contributed by atoms with Crippen molar-refractivity contribution < 1.29 is 14.0 Å². The van der Waals surface area contributed by atoms with Gasteiger partial charge in [-0.3, -0.25) is 0 Å². The van der Waals surface area contributed by atoms with Crippen LogP contribution in [0.1, 0.15) is 18.4 Å². The van der Waals surface area contributed by atoms with E-state index in [1.165, 1.54) is 0 Å². The van der Waals surface area contributed by atoms with Gasteiger partial charge in [0, 0.05) is 11.6 Å². The van der Waals surface area contributed by atoms with Crippen molar-refractivity contribution in [3.63, 3.8) is 0 Å². The standard InChI is InChI=1S/C14H19N3O3S/c1-18-10-6-9(7-11(8-10)19-2)13-16-14(20-17-13)12(15)4-5-21-3/h6-8,12H,4-5,15H2,1-3H3/t12-/m1/s1. The van der Waals surface area contributed by atoms with Gasteiger partial charge in [-0.1, -0.05) is 5.16 Å². The van der Waals surface area contributed by atoms with Crippen molar-refractivity contribution in [1.82, 2.24) is 10.1 Å². The van der Waals surface area contributed by atoms with E-state index in [0.717, 1.165) is 17.7 Å². The van der Waals surface area contributed by atoms with Gasteiger partial charge in [0.2, 0.25) is 11.7 Å². The van der Waals surface area contributed by atoms with Crippen molar-refractivity contribution in [3.8, 4) is 22.9 Å². The molecule has 0 radical (unpaired) electrons. The molecular formula is C14H19N3O3S. The molecule has 0 fully saturated rings. The molecule has 0 aliphatic carbocycles. The predicted molar refractivity (Wildman–Crippen MR) is 82.8 cm³/mol. The molecule has 0 saturated carbocycles. The predicted octanol–water partition coefficient (Wildman–Crippen LogP) is 2.51. The molecule has 114 valence electrons. The minimum atomic E-state index is -0.244. The normalized spacial score (nSPS) is 12.2. The Labute approximate surface area is 128 Å². The van der Waals surface area contributed by atoms with Crippen LogP contribution in [0, 0.1) is 0 Å². The minimum absolute atomic E-state index is 0.244. The van der Waals surface area contributed by atoms with Gasteiger partial charge in [-0.15, -0.1) is 0 Å². The number of hydrogen-bond acceptors (Lipinski definition) is 7. The van der Waals surface area contributed by atoms with Crippen LogP contribution in [0.2, 0.25) is 0 Å². The number of thioether (sulfide) groups is 1. The molecule has 0 unspecified atom stereocenters. The van der Waals surface area contributed by atoms with E-state index in [4.69, 9.17) is 19.7 Å². The highest BCUT2D eigenvalue weighted by atomic mass is 32.2. The fraction of sp³-hybridized carbons (Fsp3) is 0.429. The fourth-order valence-corrected chi connectivity index (χ4v) is 2.30. The Morgan fingerprint density at radius 2 is 1.90 bits per heavy atom. The molecular weight excluding hydrogens is 290 g/mol. The highest BCUT2D eigenvalue weighted by Gasteiger charge is 2.16. The van der Waals surface area contributed by atoms with Crippen LogP contribution in [0.15, 0.2) is 22.7 Å².